The molecule has 0 radical (unpaired) electrons. The molecule has 0 saturated heterocycles. The van der Waals surface area contributed by atoms with Crippen LogP contribution in [0.15, 0.2) is 28.6 Å². The van der Waals surface area contributed by atoms with Gasteiger partial charge in [-0.2, -0.15) is 5.26 Å². The molecule has 0 unspecified atom stereocenters. The summed E-state index contributed by atoms with van der Waals surface area (Å²) >= 11 is 7.87. The van der Waals surface area contributed by atoms with Gasteiger partial charge in [-0.05, 0) is 56.2 Å². The molecular weight excluding hydrogens is 391 g/mol. The van der Waals surface area contributed by atoms with Crippen molar-refractivity contribution in [1.29, 1.82) is 5.26 Å². The van der Waals surface area contributed by atoms with Crippen molar-refractivity contribution < 1.29 is 9.18 Å². The minimum absolute atomic E-state index is 0.0200. The molecule has 0 aliphatic rings. The molecule has 138 valence electrons. The third-order valence-corrected chi connectivity index (χ3v) is 6.43. The van der Waals surface area contributed by atoms with E-state index in [4.69, 9.17) is 12.2 Å². The quantitative estimate of drug-likeness (QED) is 0.567. The smallest absolute Gasteiger partial charge is 0.234 e. The molecule has 0 fully saturated rings. The number of rotatable bonds is 6. The van der Waals surface area contributed by atoms with Crippen molar-refractivity contribution in [2.75, 3.05) is 0 Å². The van der Waals surface area contributed by atoms with E-state index in [-0.39, 0.29) is 17.6 Å². The summed E-state index contributed by atoms with van der Waals surface area (Å²) in [6.07, 6.45) is 0. The van der Waals surface area contributed by atoms with Gasteiger partial charge in [-0.3, -0.25) is 4.79 Å². The maximum Gasteiger partial charge on any atom is 0.234 e. The molecule has 0 aliphatic heterocycles. The molecule has 2 rings (SSSR count). The van der Waals surface area contributed by atoms with Crippen LogP contribution in [0.1, 0.15) is 27.7 Å². The summed E-state index contributed by atoms with van der Waals surface area (Å²) in [5.74, 6) is -0.586. The number of benzene rings is 1. The highest BCUT2D eigenvalue weighted by molar-refractivity contribution is 8.02. The van der Waals surface area contributed by atoms with Crippen LogP contribution in [0.2, 0.25) is 0 Å². The maximum atomic E-state index is 13.1. The largest absolute Gasteiger partial charge is 0.337 e. The fourth-order valence-corrected chi connectivity index (χ4v) is 4.42. The van der Waals surface area contributed by atoms with Gasteiger partial charge in [0.1, 0.15) is 11.4 Å². The van der Waals surface area contributed by atoms with Crippen molar-refractivity contribution in [1.82, 2.24) is 15.1 Å². The van der Waals surface area contributed by atoms with Crippen LogP contribution in [0.3, 0.4) is 0 Å². The normalized spacial score (nSPS) is 14.5. The lowest BCUT2D eigenvalue weighted by atomic mass is 9.90. The lowest BCUT2D eigenvalue weighted by Crippen LogP contribution is -2.51. The molecule has 2 atom stereocenters. The Kier molecular flexibility index (Phi) is 6.55. The highest BCUT2D eigenvalue weighted by atomic mass is 32.2. The number of hydrogen-bond acceptors (Lipinski definition) is 6. The summed E-state index contributed by atoms with van der Waals surface area (Å²) in [5.41, 5.74) is -0.264. The van der Waals surface area contributed by atoms with Crippen LogP contribution in [0.5, 0.6) is 0 Å². The Balaban J connectivity index is 2.13. The topological polar surface area (TPSA) is 70.7 Å². The average Bonchev–Trinajstić information content (AvgIpc) is 2.95. The second-order valence-corrected chi connectivity index (χ2v) is 9.45. The molecule has 1 aromatic carbocycles. The van der Waals surface area contributed by atoms with Gasteiger partial charge < -0.3 is 5.32 Å². The van der Waals surface area contributed by atoms with Crippen LogP contribution in [-0.2, 0) is 4.79 Å². The Hall–Kier alpha value is -1.76. The summed E-state index contributed by atoms with van der Waals surface area (Å²) in [4.78, 5) is 12.4. The first-order valence-electron chi connectivity index (χ1n) is 7.92. The zero-order valence-corrected chi connectivity index (χ0v) is 17.3. The van der Waals surface area contributed by atoms with E-state index in [9.17, 15) is 14.4 Å². The van der Waals surface area contributed by atoms with Crippen molar-refractivity contribution in [3.8, 4) is 11.8 Å². The van der Waals surface area contributed by atoms with Crippen LogP contribution in [0, 0.1) is 27.0 Å². The predicted molar refractivity (Wildman–Crippen MR) is 105 cm³/mol. The predicted octanol–water partition coefficient (Wildman–Crippen LogP) is 4.34. The Morgan fingerprint density at radius 3 is 2.58 bits per heavy atom. The van der Waals surface area contributed by atoms with Crippen LogP contribution in [0.25, 0.3) is 5.69 Å². The summed E-state index contributed by atoms with van der Waals surface area (Å²) < 4.78 is 15.7. The third-order valence-electron chi connectivity index (χ3n) is 4.02. The van der Waals surface area contributed by atoms with Gasteiger partial charge in [0.25, 0.3) is 0 Å². The van der Waals surface area contributed by atoms with E-state index in [1.807, 2.05) is 13.8 Å². The minimum Gasteiger partial charge on any atom is -0.337 e. The molecule has 9 heteroatoms. The number of nitriles is 1. The second-order valence-electron chi connectivity index (χ2n) is 6.24. The zero-order chi connectivity index (χ0) is 19.5. The summed E-state index contributed by atoms with van der Waals surface area (Å²) in [6.45, 7) is 7.24. The number of nitrogens with one attached hydrogen (secondary N) is 1. The van der Waals surface area contributed by atoms with Gasteiger partial charge in [0.15, 0.2) is 8.29 Å². The van der Waals surface area contributed by atoms with Gasteiger partial charge in [0, 0.05) is 0 Å². The monoisotopic (exact) mass is 410 g/mol. The number of thioether (sulfide) groups is 1. The number of carbonyl (C=O) groups excluding carboxylic acids is 1. The fourth-order valence-electron chi connectivity index (χ4n) is 1.92. The Labute approximate surface area is 165 Å². The first-order valence-corrected chi connectivity index (χ1v) is 10.0. The van der Waals surface area contributed by atoms with Crippen LogP contribution in [-0.4, -0.2) is 26.5 Å². The molecule has 2 aromatic rings. The number of amides is 1. The molecule has 1 heterocycles. The number of aromatic nitrogens is 2. The van der Waals surface area contributed by atoms with E-state index in [1.54, 1.807) is 30.7 Å². The maximum absolute atomic E-state index is 13.1. The zero-order valence-electron chi connectivity index (χ0n) is 14.8. The van der Waals surface area contributed by atoms with Gasteiger partial charge in [0.2, 0.25) is 5.91 Å². The molecule has 0 bridgehead atoms. The third kappa shape index (κ3) is 4.69. The van der Waals surface area contributed by atoms with Crippen LogP contribution < -0.4 is 5.32 Å². The van der Waals surface area contributed by atoms with Gasteiger partial charge in [0.05, 0.1) is 17.0 Å². The lowest BCUT2D eigenvalue weighted by molar-refractivity contribution is -0.121. The number of halogens is 1. The molecule has 1 N–H and O–H groups in total. The van der Waals surface area contributed by atoms with Gasteiger partial charge >= 0.3 is 0 Å². The summed E-state index contributed by atoms with van der Waals surface area (Å²) in [5, 5.41) is 16.1. The van der Waals surface area contributed by atoms with Crippen molar-refractivity contribution in [3.63, 3.8) is 0 Å². The molecule has 1 aromatic heterocycles. The van der Waals surface area contributed by atoms with Crippen molar-refractivity contribution >= 4 is 41.2 Å². The van der Waals surface area contributed by atoms with E-state index in [0.717, 1.165) is 0 Å². The molecule has 0 saturated carbocycles. The van der Waals surface area contributed by atoms with Crippen molar-refractivity contribution in [2.45, 2.75) is 42.8 Å². The Bertz CT molecular complexity index is 885. The molecular formula is C17H19FN4OS3. The van der Waals surface area contributed by atoms with E-state index < -0.39 is 10.8 Å². The highest BCUT2D eigenvalue weighted by Gasteiger charge is 2.32. The number of hydrogen-bond donors (Lipinski definition) is 1. The highest BCUT2D eigenvalue weighted by Crippen LogP contribution is 2.28. The fraction of sp³-hybridized carbons (Fsp3) is 0.412. The summed E-state index contributed by atoms with van der Waals surface area (Å²) in [6, 6.07) is 8.03. The molecule has 26 heavy (non-hydrogen) atoms. The van der Waals surface area contributed by atoms with Gasteiger partial charge in [-0.15, -0.1) is 5.10 Å². The SMILES string of the molecule is CC(C)[C@](C)(C#N)NC(=O)[C@H](C)Sc1nn(-c2ccc(F)cc2)c(=S)s1. The number of nitrogens with zero attached hydrogens (tertiary/aromatic N) is 3. The molecule has 0 spiro atoms. The average molecular weight is 411 g/mol. The van der Waals surface area contributed by atoms with Crippen molar-refractivity contribution in [2.24, 2.45) is 5.92 Å². The van der Waals surface area contributed by atoms with Crippen LogP contribution >= 0.6 is 35.3 Å². The first kappa shape index (κ1) is 20.6. The summed E-state index contributed by atoms with van der Waals surface area (Å²) in [7, 11) is 0. The van der Waals surface area contributed by atoms with Crippen LogP contribution in [0.4, 0.5) is 4.39 Å². The lowest BCUT2D eigenvalue weighted by Gasteiger charge is -2.28. The Morgan fingerprint density at radius 1 is 1.42 bits per heavy atom. The van der Waals surface area contributed by atoms with E-state index in [0.29, 0.717) is 14.0 Å². The number of carbonyl (C=O) groups is 1. The molecule has 5 nitrogen and oxygen atoms in total. The van der Waals surface area contributed by atoms with Gasteiger partial charge in [-0.25, -0.2) is 9.07 Å². The van der Waals surface area contributed by atoms with Gasteiger partial charge in [-0.1, -0.05) is 36.9 Å². The van der Waals surface area contributed by atoms with E-state index >= 15 is 0 Å². The van der Waals surface area contributed by atoms with Crippen molar-refractivity contribution in [3.05, 3.63) is 34.0 Å². The molecule has 1 amide bonds. The first-order chi connectivity index (χ1) is 12.2. The second kappa shape index (κ2) is 8.29. The Morgan fingerprint density at radius 2 is 2.04 bits per heavy atom. The standard InChI is InChI=1S/C17H19FN4OS3/c1-10(2)17(4,9-19)20-14(23)11(3)25-15-21-22(16(24)26-15)13-7-5-12(18)6-8-13/h5-8,10-11H,1-4H3,(H,20,23)/t11-,17-/m0/s1. The minimum atomic E-state index is -0.925. The van der Waals surface area contributed by atoms with E-state index in [1.165, 1.54) is 35.2 Å². The van der Waals surface area contributed by atoms with E-state index in [2.05, 4.69) is 16.5 Å². The molecule has 0 aliphatic carbocycles.